The molecule has 6 N–H and O–H groups in total. The van der Waals surface area contributed by atoms with Gasteiger partial charge in [-0.25, -0.2) is 4.79 Å². The average molecular weight is 1180 g/mol. The van der Waals surface area contributed by atoms with Crippen molar-refractivity contribution in [1.29, 1.82) is 0 Å². The van der Waals surface area contributed by atoms with Crippen LogP contribution in [0.15, 0.2) is 136 Å². The highest BCUT2D eigenvalue weighted by Gasteiger charge is 2.21. The minimum atomic E-state index is -4.62. The highest BCUT2D eigenvalue weighted by atomic mass is 32.2. The predicted molar refractivity (Wildman–Crippen MR) is 293 cm³/mol. The maximum atomic E-state index is 13.8. The van der Waals surface area contributed by atoms with Gasteiger partial charge in [-0.3, -0.25) is 18.2 Å². The summed E-state index contributed by atoms with van der Waals surface area (Å²) in [6.07, 6.45) is 0. The second-order valence-electron chi connectivity index (χ2n) is 17.4. The average Bonchev–Trinajstić information content (AvgIpc) is 3.42. The maximum absolute atomic E-state index is 13.8. The molecule has 6 rings (SSSR count). The molecule has 0 saturated heterocycles. The molecule has 0 fully saturated rings. The summed E-state index contributed by atoms with van der Waals surface area (Å²) >= 11 is 0. The molecular formula is C49H52N10O17S4. The molecule has 424 valence electrons. The van der Waals surface area contributed by atoms with Crippen LogP contribution >= 0.6 is 0 Å². The number of benzene rings is 6. The third-order valence-corrected chi connectivity index (χ3v) is 14.3. The van der Waals surface area contributed by atoms with Crippen LogP contribution < -0.4 is 29.6 Å². The number of nitrogens with one attached hydrogen (secondary N) is 2. The zero-order valence-electron chi connectivity index (χ0n) is 43.7. The molecule has 0 aliphatic carbocycles. The number of urea groups is 1. The van der Waals surface area contributed by atoms with Crippen molar-refractivity contribution < 1.29 is 75.6 Å². The summed E-state index contributed by atoms with van der Waals surface area (Å²) in [5, 5.41) is 39.0. The van der Waals surface area contributed by atoms with Gasteiger partial charge < -0.3 is 29.6 Å². The summed E-state index contributed by atoms with van der Waals surface area (Å²) in [5.74, 6) is -1.59. The van der Waals surface area contributed by atoms with Gasteiger partial charge in [-0.15, -0.1) is 20.5 Å². The second-order valence-corrected chi connectivity index (χ2v) is 23.4. The number of ether oxygens (including phenoxy) is 4. The van der Waals surface area contributed by atoms with Gasteiger partial charge in [-0.1, -0.05) is 12.1 Å². The smallest absolute Gasteiger partial charge is 0.323 e. The molecule has 0 radical (unpaired) electrons. The van der Waals surface area contributed by atoms with E-state index in [0.717, 1.165) is 0 Å². The molecule has 80 heavy (non-hydrogen) atoms. The number of hydrogen-bond acceptors (Lipinski definition) is 21. The van der Waals surface area contributed by atoms with E-state index in [4.69, 9.17) is 18.9 Å². The van der Waals surface area contributed by atoms with Gasteiger partial charge in [0, 0.05) is 24.3 Å². The van der Waals surface area contributed by atoms with Gasteiger partial charge in [0.1, 0.15) is 80.3 Å². The Balaban J connectivity index is 1.28. The Morgan fingerprint density at radius 1 is 0.412 bits per heavy atom. The van der Waals surface area contributed by atoms with Crippen molar-refractivity contribution in [2.45, 2.75) is 51.3 Å². The number of carbonyl (C=O) groups excluding carboxylic acids is 1. The third-order valence-electron chi connectivity index (χ3n) is 11.1. The third kappa shape index (κ3) is 16.9. The lowest BCUT2D eigenvalue weighted by molar-refractivity contribution is 0.261. The summed E-state index contributed by atoms with van der Waals surface area (Å²) < 4.78 is 155. The first-order valence-corrected chi connectivity index (χ1v) is 29.2. The largest absolute Gasteiger partial charge is 0.494 e. The van der Waals surface area contributed by atoms with Crippen molar-refractivity contribution in [1.82, 2.24) is 0 Å². The van der Waals surface area contributed by atoms with Crippen molar-refractivity contribution >= 4 is 103 Å². The van der Waals surface area contributed by atoms with Gasteiger partial charge in [0.05, 0.1) is 48.3 Å². The molecule has 31 heteroatoms. The lowest BCUT2D eigenvalue weighted by Gasteiger charge is -2.17. The fourth-order valence-electron chi connectivity index (χ4n) is 7.07. The molecule has 0 heterocycles. The normalized spacial score (nSPS) is 12.4. The van der Waals surface area contributed by atoms with Gasteiger partial charge in [-0.05, 0) is 123 Å². The highest BCUT2D eigenvalue weighted by molar-refractivity contribution is 7.86. The van der Waals surface area contributed by atoms with Gasteiger partial charge in [0.2, 0.25) is 0 Å². The molecule has 0 unspecified atom stereocenters. The molecule has 0 spiro atoms. The number of aryl methyl sites for hydroxylation is 6. The number of amides is 2. The summed E-state index contributed by atoms with van der Waals surface area (Å²) in [4.78, 5) is 12.9. The Morgan fingerprint density at radius 2 is 0.713 bits per heavy atom. The standard InChI is InChI=1S/C49H52N10O17S4/c1-27-9-11-33(47(17-27)79(67,68)69)52-54-35-23-43(73-7)41(21-31(35)5)58-56-37-25-45(75-13-15-77(61,62)63)39(19-29(37)3)50-49(60)51-40-20-30(4)38(26-46(40)76-14-16-78(64,65)66)57-59-42-22-32(6)36(24-44(42)74-8)55-53-34-12-10-28(2)18-48(34)80(70,71)72/h9-12,17-26H,13-16H2,1-8H3,(H2,50,51,60)(H,61,62,63)(H,64,65,66)(H,67,68,69)(H,70,71,72). The molecule has 2 amide bonds. The van der Waals surface area contributed by atoms with E-state index in [1.54, 1.807) is 65.8 Å². The number of azo groups is 4. The monoisotopic (exact) mass is 1180 g/mol. The number of hydrogen-bond donors (Lipinski definition) is 6. The molecule has 6 aromatic carbocycles. The first-order valence-electron chi connectivity index (χ1n) is 23.1. The molecular weight excluding hydrogens is 1130 g/mol. The van der Waals surface area contributed by atoms with E-state index in [2.05, 4.69) is 51.5 Å². The zero-order chi connectivity index (χ0) is 58.9. The van der Waals surface area contributed by atoms with Crippen LogP contribution in [0.2, 0.25) is 0 Å². The van der Waals surface area contributed by atoms with Crippen molar-refractivity contribution in [3.05, 3.63) is 118 Å². The molecule has 0 atom stereocenters. The maximum Gasteiger partial charge on any atom is 0.323 e. The van der Waals surface area contributed by atoms with Crippen LogP contribution in [0, 0.1) is 41.5 Å². The Labute approximate surface area is 459 Å². The molecule has 0 aromatic heterocycles. The van der Waals surface area contributed by atoms with E-state index < -0.39 is 81.0 Å². The molecule has 0 saturated carbocycles. The SMILES string of the molecule is COc1cc(N=Nc2ccc(C)cc2S(=O)(=O)O)c(C)cc1N=Nc1cc(OCCS(=O)(=O)O)c(NC(=O)Nc2cc(C)c(N=Nc3cc(C)c(N=Nc4ccc(C)cc4S(=O)(=O)O)cc3OC)cc2OCCS(=O)(=O)O)cc1C. The first-order chi connectivity index (χ1) is 37.4. The molecule has 0 aliphatic rings. The van der Waals surface area contributed by atoms with Crippen LogP contribution in [0.1, 0.15) is 33.4 Å². The minimum Gasteiger partial charge on any atom is -0.494 e. The fraction of sp³-hybridized carbons (Fsp3) is 0.245. The predicted octanol–water partition coefficient (Wildman–Crippen LogP) is 11.9. The van der Waals surface area contributed by atoms with Gasteiger partial charge in [0.25, 0.3) is 40.5 Å². The lowest BCUT2D eigenvalue weighted by Crippen LogP contribution is -2.21. The summed E-state index contributed by atoms with van der Waals surface area (Å²) in [5.41, 5.74) is 3.94. The van der Waals surface area contributed by atoms with Gasteiger partial charge in [0.15, 0.2) is 0 Å². The Kier molecular flexibility index (Phi) is 19.3. The number of rotatable bonds is 22. The number of nitrogens with zero attached hydrogens (tertiary/aromatic N) is 8. The quantitative estimate of drug-likeness (QED) is 0.0272. The van der Waals surface area contributed by atoms with Crippen molar-refractivity contribution in [2.24, 2.45) is 40.9 Å². The van der Waals surface area contributed by atoms with Crippen molar-refractivity contribution in [3.8, 4) is 23.0 Å². The molecule has 0 bridgehead atoms. The Bertz CT molecular complexity index is 3730. The molecule has 27 nitrogen and oxygen atoms in total. The van der Waals surface area contributed by atoms with Gasteiger partial charge in [-0.2, -0.15) is 54.1 Å². The highest BCUT2D eigenvalue weighted by Crippen LogP contribution is 2.42. The van der Waals surface area contributed by atoms with E-state index in [1.165, 1.54) is 74.9 Å². The number of anilines is 2. The van der Waals surface area contributed by atoms with Crippen LogP contribution in [-0.2, 0) is 40.5 Å². The lowest BCUT2D eigenvalue weighted by atomic mass is 10.1. The second kappa shape index (κ2) is 25.3. The van der Waals surface area contributed by atoms with Crippen molar-refractivity contribution in [2.75, 3.05) is 49.6 Å². The molecule has 6 aromatic rings. The summed E-state index contributed by atoms with van der Waals surface area (Å²) in [7, 11) is -15.5. The number of carbonyl (C=O) groups is 1. The van der Waals surface area contributed by atoms with E-state index in [9.17, 15) is 56.7 Å². The van der Waals surface area contributed by atoms with Crippen LogP contribution in [0.5, 0.6) is 23.0 Å². The summed E-state index contributed by atoms with van der Waals surface area (Å²) in [6.45, 7) is 8.69. The van der Waals surface area contributed by atoms with Crippen LogP contribution in [0.4, 0.5) is 61.7 Å². The van der Waals surface area contributed by atoms with Gasteiger partial charge >= 0.3 is 6.03 Å². The number of methoxy groups -OCH3 is 2. The zero-order valence-corrected chi connectivity index (χ0v) is 47.0. The van der Waals surface area contributed by atoms with Crippen LogP contribution in [-0.4, -0.2) is 96.9 Å². The Morgan fingerprint density at radius 3 is 1.02 bits per heavy atom. The van der Waals surface area contributed by atoms with Crippen LogP contribution in [0.25, 0.3) is 0 Å². The van der Waals surface area contributed by atoms with Crippen LogP contribution in [0.3, 0.4) is 0 Å². The van der Waals surface area contributed by atoms with E-state index in [-0.39, 0.29) is 79.9 Å². The fourth-order valence-corrected chi connectivity index (χ4v) is 9.07. The minimum absolute atomic E-state index is 0.0196. The summed E-state index contributed by atoms with van der Waals surface area (Å²) in [6, 6.07) is 19.2. The molecule has 0 aliphatic heterocycles. The van der Waals surface area contributed by atoms with E-state index in [0.29, 0.717) is 33.4 Å². The first kappa shape index (κ1) is 61.0. The topological polar surface area (TPSA) is 394 Å². The van der Waals surface area contributed by atoms with E-state index >= 15 is 0 Å². The Hall–Kier alpha value is -8.17. The van der Waals surface area contributed by atoms with Crippen molar-refractivity contribution in [3.63, 3.8) is 0 Å². The van der Waals surface area contributed by atoms with E-state index in [1.807, 2.05) is 0 Å².